The Balaban J connectivity index is 1.58. The molecule has 1 saturated heterocycles. The Morgan fingerprint density at radius 1 is 1.12 bits per heavy atom. The van der Waals surface area contributed by atoms with Gasteiger partial charge in [-0.15, -0.1) is 0 Å². The number of halogens is 2. The van der Waals surface area contributed by atoms with Gasteiger partial charge in [-0.1, -0.05) is 18.0 Å². The summed E-state index contributed by atoms with van der Waals surface area (Å²) in [6.07, 6.45) is 3.61. The normalized spacial score (nSPS) is 24.3. The average molecular weight is 368 g/mol. The lowest BCUT2D eigenvalue weighted by molar-refractivity contribution is -0.138. The summed E-state index contributed by atoms with van der Waals surface area (Å²) in [5, 5.41) is 0.259. The molecule has 2 aliphatic rings. The summed E-state index contributed by atoms with van der Waals surface area (Å²) in [6, 6.07) is 4.16. The van der Waals surface area contributed by atoms with E-state index in [1.165, 1.54) is 12.1 Å². The van der Waals surface area contributed by atoms with Crippen molar-refractivity contribution in [2.24, 2.45) is 11.7 Å². The lowest BCUT2D eigenvalue weighted by atomic mass is 9.85. The third-order valence-electron chi connectivity index (χ3n) is 5.10. The number of amides is 2. The van der Waals surface area contributed by atoms with E-state index in [1.54, 1.807) is 4.90 Å². The van der Waals surface area contributed by atoms with Crippen molar-refractivity contribution in [3.8, 4) is 0 Å². The molecule has 0 bridgehead atoms. The highest BCUT2D eigenvalue weighted by Crippen LogP contribution is 2.25. The third kappa shape index (κ3) is 4.12. The van der Waals surface area contributed by atoms with Crippen LogP contribution in [0.4, 0.5) is 4.39 Å². The fraction of sp³-hybridized carbons (Fsp3) is 0.556. The number of nitrogens with two attached hydrogens (primary N) is 1. The van der Waals surface area contributed by atoms with Crippen molar-refractivity contribution < 1.29 is 14.0 Å². The molecule has 2 N–H and O–H groups in total. The first-order chi connectivity index (χ1) is 12.0. The van der Waals surface area contributed by atoms with Gasteiger partial charge in [-0.25, -0.2) is 4.39 Å². The van der Waals surface area contributed by atoms with Gasteiger partial charge in [0.2, 0.25) is 5.91 Å². The van der Waals surface area contributed by atoms with Gasteiger partial charge < -0.3 is 15.5 Å². The molecule has 0 aromatic heterocycles. The van der Waals surface area contributed by atoms with Crippen LogP contribution in [0.5, 0.6) is 0 Å². The molecule has 1 aliphatic heterocycles. The second kappa shape index (κ2) is 7.70. The first kappa shape index (κ1) is 18.1. The van der Waals surface area contributed by atoms with Crippen LogP contribution in [0.2, 0.25) is 5.02 Å². The molecule has 136 valence electrons. The Kier molecular flexibility index (Phi) is 5.59. The zero-order chi connectivity index (χ0) is 18.0. The molecule has 5 nitrogen and oxygen atoms in total. The van der Waals surface area contributed by atoms with Crippen molar-refractivity contribution in [1.29, 1.82) is 0 Å². The molecule has 2 unspecified atom stereocenters. The number of piperazine rings is 1. The minimum absolute atomic E-state index is 0.000267. The molecule has 0 radical (unpaired) electrons. The molecule has 1 saturated carbocycles. The van der Waals surface area contributed by atoms with E-state index in [9.17, 15) is 14.0 Å². The predicted octanol–water partition coefficient (Wildman–Crippen LogP) is 2.28. The van der Waals surface area contributed by atoms with Crippen LogP contribution in [0.15, 0.2) is 18.2 Å². The Morgan fingerprint density at radius 2 is 1.80 bits per heavy atom. The molecular weight excluding hydrogens is 345 g/mol. The number of rotatable bonds is 2. The van der Waals surface area contributed by atoms with E-state index in [4.69, 9.17) is 17.3 Å². The monoisotopic (exact) mass is 367 g/mol. The van der Waals surface area contributed by atoms with E-state index < -0.39 is 5.82 Å². The summed E-state index contributed by atoms with van der Waals surface area (Å²) in [7, 11) is 0. The van der Waals surface area contributed by atoms with Gasteiger partial charge in [-0.3, -0.25) is 9.59 Å². The summed E-state index contributed by atoms with van der Waals surface area (Å²) in [6.45, 7) is 1.77. The maximum atomic E-state index is 13.9. The van der Waals surface area contributed by atoms with Crippen LogP contribution in [-0.4, -0.2) is 53.8 Å². The van der Waals surface area contributed by atoms with E-state index in [1.807, 2.05) is 4.90 Å². The van der Waals surface area contributed by atoms with E-state index in [0.29, 0.717) is 26.2 Å². The number of nitrogens with zero attached hydrogens (tertiary/aromatic N) is 2. The standard InChI is InChI=1S/C18H23ClFN3O2/c19-13-4-5-15(16(20)11-13)18(25)23-8-6-22(7-9-23)17(24)12-2-1-3-14(21)10-12/h4-5,11-12,14H,1-3,6-10,21H2. The van der Waals surface area contributed by atoms with E-state index >= 15 is 0 Å². The summed E-state index contributed by atoms with van der Waals surface area (Å²) < 4.78 is 13.9. The molecule has 1 aromatic rings. The van der Waals surface area contributed by atoms with Crippen LogP contribution in [0.3, 0.4) is 0 Å². The maximum absolute atomic E-state index is 13.9. The van der Waals surface area contributed by atoms with Crippen molar-refractivity contribution in [2.45, 2.75) is 31.7 Å². The summed E-state index contributed by atoms with van der Waals surface area (Å²) in [5.41, 5.74) is 5.99. The minimum atomic E-state index is -0.618. The van der Waals surface area contributed by atoms with E-state index in [2.05, 4.69) is 0 Å². The first-order valence-corrected chi connectivity index (χ1v) is 9.12. The lowest BCUT2D eigenvalue weighted by Gasteiger charge is -2.37. The van der Waals surface area contributed by atoms with Crippen molar-refractivity contribution in [3.05, 3.63) is 34.6 Å². The van der Waals surface area contributed by atoms with Crippen LogP contribution in [0.1, 0.15) is 36.0 Å². The average Bonchev–Trinajstić information content (AvgIpc) is 2.61. The Bertz CT molecular complexity index is 662. The van der Waals surface area contributed by atoms with Crippen LogP contribution in [-0.2, 0) is 4.79 Å². The molecule has 3 rings (SSSR count). The SMILES string of the molecule is NC1CCCC(C(=O)N2CCN(C(=O)c3ccc(Cl)cc3F)CC2)C1. The van der Waals surface area contributed by atoms with Gasteiger partial charge in [-0.2, -0.15) is 0 Å². The molecule has 7 heteroatoms. The quantitative estimate of drug-likeness (QED) is 0.872. The van der Waals surface area contributed by atoms with Gasteiger partial charge in [-0.05, 0) is 37.5 Å². The first-order valence-electron chi connectivity index (χ1n) is 8.74. The molecule has 25 heavy (non-hydrogen) atoms. The molecule has 1 heterocycles. The van der Waals surface area contributed by atoms with Crippen molar-refractivity contribution in [3.63, 3.8) is 0 Å². The van der Waals surface area contributed by atoms with Crippen molar-refractivity contribution in [1.82, 2.24) is 9.80 Å². The second-order valence-electron chi connectivity index (χ2n) is 6.87. The molecule has 1 aromatic carbocycles. The molecular formula is C18H23ClFN3O2. The summed E-state index contributed by atoms with van der Waals surface area (Å²) in [4.78, 5) is 28.5. The lowest BCUT2D eigenvalue weighted by Crippen LogP contribution is -2.52. The third-order valence-corrected chi connectivity index (χ3v) is 5.34. The number of carbonyl (C=O) groups is 2. The Labute approximate surface area is 151 Å². The summed E-state index contributed by atoms with van der Waals surface area (Å²) in [5.74, 6) is -0.840. The highest BCUT2D eigenvalue weighted by atomic mass is 35.5. The Morgan fingerprint density at radius 3 is 2.44 bits per heavy atom. The molecule has 2 fully saturated rings. The molecule has 1 aliphatic carbocycles. The molecule has 2 amide bonds. The van der Waals surface area contributed by atoms with Crippen LogP contribution in [0, 0.1) is 11.7 Å². The number of benzene rings is 1. The van der Waals surface area contributed by atoms with Gasteiger partial charge in [0.1, 0.15) is 5.82 Å². The highest BCUT2D eigenvalue weighted by molar-refractivity contribution is 6.30. The van der Waals surface area contributed by atoms with E-state index in [-0.39, 0.29) is 34.4 Å². The van der Waals surface area contributed by atoms with Gasteiger partial charge in [0.05, 0.1) is 5.56 Å². The summed E-state index contributed by atoms with van der Waals surface area (Å²) >= 11 is 5.73. The minimum Gasteiger partial charge on any atom is -0.339 e. The van der Waals surface area contributed by atoms with Gasteiger partial charge in [0, 0.05) is 43.2 Å². The zero-order valence-electron chi connectivity index (χ0n) is 14.1. The maximum Gasteiger partial charge on any atom is 0.256 e. The number of hydrogen-bond acceptors (Lipinski definition) is 3. The smallest absolute Gasteiger partial charge is 0.256 e. The van der Waals surface area contributed by atoms with Gasteiger partial charge in [0.15, 0.2) is 0 Å². The number of carbonyl (C=O) groups excluding carboxylic acids is 2. The van der Waals surface area contributed by atoms with Crippen LogP contribution >= 0.6 is 11.6 Å². The number of hydrogen-bond donors (Lipinski definition) is 1. The predicted molar refractivity (Wildman–Crippen MR) is 93.8 cm³/mol. The fourth-order valence-corrected chi connectivity index (χ4v) is 3.83. The van der Waals surface area contributed by atoms with Crippen molar-refractivity contribution >= 4 is 23.4 Å². The fourth-order valence-electron chi connectivity index (χ4n) is 3.67. The second-order valence-corrected chi connectivity index (χ2v) is 7.30. The van der Waals surface area contributed by atoms with Gasteiger partial charge >= 0.3 is 0 Å². The molecule has 0 spiro atoms. The van der Waals surface area contributed by atoms with E-state index in [0.717, 1.165) is 31.7 Å². The topological polar surface area (TPSA) is 66.6 Å². The Hall–Kier alpha value is -1.66. The van der Waals surface area contributed by atoms with Crippen LogP contribution in [0.25, 0.3) is 0 Å². The van der Waals surface area contributed by atoms with Gasteiger partial charge in [0.25, 0.3) is 5.91 Å². The highest BCUT2D eigenvalue weighted by Gasteiger charge is 2.32. The van der Waals surface area contributed by atoms with Crippen molar-refractivity contribution in [2.75, 3.05) is 26.2 Å². The molecule has 2 atom stereocenters. The zero-order valence-corrected chi connectivity index (χ0v) is 14.8. The van der Waals surface area contributed by atoms with Crippen LogP contribution < -0.4 is 5.73 Å². The largest absolute Gasteiger partial charge is 0.339 e.